The lowest BCUT2D eigenvalue weighted by atomic mass is 9.75. The third-order valence-corrected chi connectivity index (χ3v) is 4.48. The van der Waals surface area contributed by atoms with Crippen molar-refractivity contribution in [2.45, 2.75) is 40.2 Å². The van der Waals surface area contributed by atoms with Crippen molar-refractivity contribution in [2.24, 2.45) is 11.3 Å². The number of aliphatic hydroxyl groups excluding tert-OH is 1. The van der Waals surface area contributed by atoms with Gasteiger partial charge in [0.2, 0.25) is 0 Å². The van der Waals surface area contributed by atoms with Gasteiger partial charge >= 0.3 is 0 Å². The lowest BCUT2D eigenvalue weighted by Crippen LogP contribution is -2.37. The molecule has 0 spiro atoms. The highest BCUT2D eigenvalue weighted by Gasteiger charge is 2.28. The van der Waals surface area contributed by atoms with Crippen LogP contribution in [0.25, 0.3) is 0 Å². The van der Waals surface area contributed by atoms with Gasteiger partial charge in [-0.3, -0.25) is 4.90 Å². The van der Waals surface area contributed by atoms with Gasteiger partial charge in [0.05, 0.1) is 0 Å². The van der Waals surface area contributed by atoms with Gasteiger partial charge in [-0.1, -0.05) is 44.7 Å². The maximum atomic E-state index is 8.70. The van der Waals surface area contributed by atoms with Crippen LogP contribution < -0.4 is 0 Å². The normalized spacial score (nSPS) is 17.3. The predicted octanol–water partition coefficient (Wildman–Crippen LogP) is 3.29. The van der Waals surface area contributed by atoms with Crippen molar-refractivity contribution in [1.82, 2.24) is 4.90 Å². The van der Waals surface area contributed by atoms with Crippen LogP contribution in [0.1, 0.15) is 44.7 Å². The van der Waals surface area contributed by atoms with Gasteiger partial charge in [-0.25, -0.2) is 0 Å². The summed E-state index contributed by atoms with van der Waals surface area (Å²) in [5.74, 6) is 6.47. The Morgan fingerprint density at radius 1 is 1.14 bits per heavy atom. The number of benzene rings is 1. The Bertz CT molecular complexity index is 493. The monoisotopic (exact) mass is 285 g/mol. The molecule has 0 radical (unpaired) electrons. The standard InChI is InChI=1S/C19H27NO/c1-19(2,3)18-10-12-20(13-11-18)15-17-8-6-16(7-9-17)5-4-14-21/h6-9,18,21H,10-15H2,1-3H3. The molecule has 2 rings (SSSR count). The van der Waals surface area contributed by atoms with E-state index < -0.39 is 0 Å². The smallest absolute Gasteiger partial charge is 0.104 e. The molecule has 1 saturated heterocycles. The van der Waals surface area contributed by atoms with E-state index in [0.29, 0.717) is 5.41 Å². The molecular formula is C19H27NO. The Morgan fingerprint density at radius 3 is 2.29 bits per heavy atom. The van der Waals surface area contributed by atoms with Gasteiger partial charge in [0, 0.05) is 12.1 Å². The van der Waals surface area contributed by atoms with Crippen LogP contribution in [0, 0.1) is 23.2 Å². The van der Waals surface area contributed by atoms with Gasteiger partial charge in [-0.05, 0) is 55.0 Å². The SMILES string of the molecule is CC(C)(C)C1CCN(Cc2ccc(C#CCO)cc2)CC1. The summed E-state index contributed by atoms with van der Waals surface area (Å²) in [6, 6.07) is 8.38. The zero-order valence-electron chi connectivity index (χ0n) is 13.5. The van der Waals surface area contributed by atoms with Gasteiger partial charge in [0.25, 0.3) is 0 Å². The van der Waals surface area contributed by atoms with Gasteiger partial charge in [-0.2, -0.15) is 0 Å². The molecule has 1 aromatic carbocycles. The minimum Gasteiger partial charge on any atom is -0.384 e. The van der Waals surface area contributed by atoms with E-state index >= 15 is 0 Å². The fourth-order valence-corrected chi connectivity index (χ4v) is 3.05. The fourth-order valence-electron chi connectivity index (χ4n) is 3.05. The second kappa shape index (κ2) is 7.11. The molecule has 1 aliphatic heterocycles. The molecule has 1 aliphatic rings. The molecule has 0 bridgehead atoms. The molecule has 2 nitrogen and oxygen atoms in total. The van der Waals surface area contributed by atoms with Crippen molar-refractivity contribution >= 4 is 0 Å². The van der Waals surface area contributed by atoms with Crippen molar-refractivity contribution in [3.8, 4) is 11.8 Å². The first-order chi connectivity index (χ1) is 9.99. The Hall–Kier alpha value is -1.30. The molecule has 0 atom stereocenters. The molecule has 2 heteroatoms. The number of piperidine rings is 1. The summed E-state index contributed by atoms with van der Waals surface area (Å²) in [7, 11) is 0. The average Bonchev–Trinajstić information content (AvgIpc) is 2.46. The molecule has 114 valence electrons. The van der Waals surface area contributed by atoms with E-state index in [1.807, 2.05) is 12.1 Å². The number of rotatable bonds is 2. The zero-order valence-corrected chi connectivity index (χ0v) is 13.5. The molecule has 1 fully saturated rings. The molecule has 0 unspecified atom stereocenters. The maximum Gasteiger partial charge on any atom is 0.104 e. The summed E-state index contributed by atoms with van der Waals surface area (Å²) in [4.78, 5) is 2.55. The van der Waals surface area contributed by atoms with Crippen LogP contribution in [0.15, 0.2) is 24.3 Å². The van der Waals surface area contributed by atoms with E-state index in [1.54, 1.807) is 0 Å². The van der Waals surface area contributed by atoms with Crippen LogP contribution in [-0.2, 0) is 6.54 Å². The highest BCUT2D eigenvalue weighted by Crippen LogP contribution is 2.34. The molecule has 0 aliphatic carbocycles. The minimum atomic E-state index is -0.0789. The second-order valence-corrected chi connectivity index (χ2v) is 7.07. The number of hydrogen-bond donors (Lipinski definition) is 1. The van der Waals surface area contributed by atoms with Gasteiger partial charge in [0.15, 0.2) is 0 Å². The van der Waals surface area contributed by atoms with E-state index in [4.69, 9.17) is 5.11 Å². The Balaban J connectivity index is 1.86. The second-order valence-electron chi connectivity index (χ2n) is 7.07. The molecular weight excluding hydrogens is 258 g/mol. The molecule has 1 aromatic rings. The molecule has 1 N–H and O–H groups in total. The van der Waals surface area contributed by atoms with E-state index in [1.165, 1.54) is 31.5 Å². The largest absolute Gasteiger partial charge is 0.384 e. The Kier molecular flexibility index (Phi) is 5.45. The lowest BCUT2D eigenvalue weighted by Gasteiger charge is -2.38. The minimum absolute atomic E-state index is 0.0789. The van der Waals surface area contributed by atoms with Gasteiger partial charge < -0.3 is 5.11 Å². The maximum absolute atomic E-state index is 8.70. The number of aliphatic hydroxyl groups is 1. The predicted molar refractivity (Wildman–Crippen MR) is 87.9 cm³/mol. The molecule has 0 amide bonds. The van der Waals surface area contributed by atoms with Crippen molar-refractivity contribution in [2.75, 3.05) is 19.7 Å². The number of likely N-dealkylation sites (tertiary alicyclic amines) is 1. The summed E-state index contributed by atoms with van der Waals surface area (Å²) in [5.41, 5.74) is 2.76. The topological polar surface area (TPSA) is 23.5 Å². The van der Waals surface area contributed by atoms with Crippen molar-refractivity contribution in [3.63, 3.8) is 0 Å². The lowest BCUT2D eigenvalue weighted by molar-refractivity contribution is 0.108. The van der Waals surface area contributed by atoms with Gasteiger partial charge in [0.1, 0.15) is 6.61 Å². The molecule has 0 saturated carbocycles. The zero-order chi connectivity index (χ0) is 15.3. The summed E-state index contributed by atoms with van der Waals surface area (Å²) in [5, 5.41) is 8.70. The van der Waals surface area contributed by atoms with Crippen LogP contribution in [0.3, 0.4) is 0 Å². The van der Waals surface area contributed by atoms with E-state index in [-0.39, 0.29) is 6.61 Å². The fraction of sp³-hybridized carbons (Fsp3) is 0.579. The Morgan fingerprint density at radius 2 is 1.76 bits per heavy atom. The summed E-state index contributed by atoms with van der Waals surface area (Å²) < 4.78 is 0. The third-order valence-electron chi connectivity index (χ3n) is 4.48. The highest BCUT2D eigenvalue weighted by molar-refractivity contribution is 5.36. The highest BCUT2D eigenvalue weighted by atomic mass is 16.2. The number of nitrogens with zero attached hydrogens (tertiary/aromatic N) is 1. The van der Waals surface area contributed by atoms with E-state index in [9.17, 15) is 0 Å². The first kappa shape index (κ1) is 16.1. The van der Waals surface area contributed by atoms with Crippen LogP contribution >= 0.6 is 0 Å². The first-order valence-electron chi connectivity index (χ1n) is 7.90. The molecule has 0 aromatic heterocycles. The van der Waals surface area contributed by atoms with E-state index in [0.717, 1.165) is 18.0 Å². The van der Waals surface area contributed by atoms with Crippen LogP contribution in [0.2, 0.25) is 0 Å². The van der Waals surface area contributed by atoms with Gasteiger partial charge in [-0.15, -0.1) is 0 Å². The van der Waals surface area contributed by atoms with E-state index in [2.05, 4.69) is 49.6 Å². The first-order valence-corrected chi connectivity index (χ1v) is 7.90. The van der Waals surface area contributed by atoms with Crippen LogP contribution in [0.4, 0.5) is 0 Å². The summed E-state index contributed by atoms with van der Waals surface area (Å²) >= 11 is 0. The summed E-state index contributed by atoms with van der Waals surface area (Å²) in [6.07, 6.45) is 2.62. The number of hydrogen-bond acceptors (Lipinski definition) is 2. The van der Waals surface area contributed by atoms with Crippen molar-refractivity contribution in [3.05, 3.63) is 35.4 Å². The molecule has 21 heavy (non-hydrogen) atoms. The van der Waals surface area contributed by atoms with Crippen molar-refractivity contribution in [1.29, 1.82) is 0 Å². The summed E-state index contributed by atoms with van der Waals surface area (Å²) in [6.45, 7) is 10.4. The Labute approximate surface area is 129 Å². The molecule has 1 heterocycles. The van der Waals surface area contributed by atoms with Crippen molar-refractivity contribution < 1.29 is 5.11 Å². The van der Waals surface area contributed by atoms with Crippen LogP contribution in [-0.4, -0.2) is 29.7 Å². The quantitative estimate of drug-likeness (QED) is 0.843. The average molecular weight is 285 g/mol. The third kappa shape index (κ3) is 4.88. The van der Waals surface area contributed by atoms with Crippen LogP contribution in [0.5, 0.6) is 0 Å².